The van der Waals surface area contributed by atoms with Crippen LogP contribution in [0.15, 0.2) is 22.7 Å². The monoisotopic (exact) mass is 212 g/mol. The molecule has 2 rings (SSSR count). The fourth-order valence-electron chi connectivity index (χ4n) is 1.12. The molecule has 0 aliphatic rings. The lowest BCUT2D eigenvalue weighted by atomic mass is 10.2. The predicted molar refractivity (Wildman–Crippen MR) is 45.6 cm³/mol. The third-order valence-electron chi connectivity index (χ3n) is 1.72. The first-order chi connectivity index (χ1) is 7.19. The molecule has 0 saturated heterocycles. The number of rotatable bonds is 2. The van der Waals surface area contributed by atoms with Crippen LogP contribution >= 0.6 is 0 Å². The second-order valence-corrected chi connectivity index (χ2v) is 2.83. The topological polar surface area (TPSA) is 59.2 Å². The van der Waals surface area contributed by atoms with Crippen LogP contribution in [0.3, 0.4) is 0 Å². The highest BCUT2D eigenvalue weighted by Crippen LogP contribution is 2.18. The molecule has 1 N–H and O–H groups in total. The van der Waals surface area contributed by atoms with Gasteiger partial charge in [0, 0.05) is 11.6 Å². The molecule has 0 aliphatic carbocycles. The van der Waals surface area contributed by atoms with Crippen LogP contribution in [-0.4, -0.2) is 15.2 Å². The van der Waals surface area contributed by atoms with Crippen molar-refractivity contribution in [2.45, 2.75) is 6.61 Å². The minimum atomic E-state index is -0.722. The van der Waals surface area contributed by atoms with Gasteiger partial charge in [-0.1, -0.05) is 5.16 Å². The van der Waals surface area contributed by atoms with E-state index in [1.807, 2.05) is 0 Å². The summed E-state index contributed by atoms with van der Waals surface area (Å²) < 4.78 is 30.2. The van der Waals surface area contributed by atoms with Gasteiger partial charge >= 0.3 is 0 Å². The second-order valence-electron chi connectivity index (χ2n) is 2.83. The van der Waals surface area contributed by atoms with Crippen LogP contribution < -0.4 is 0 Å². The van der Waals surface area contributed by atoms with Crippen LogP contribution in [0.5, 0.6) is 0 Å². The van der Waals surface area contributed by atoms with Gasteiger partial charge in [-0.3, -0.25) is 0 Å². The lowest BCUT2D eigenvalue weighted by Gasteiger charge is -1.95. The maximum atomic E-state index is 12.8. The lowest BCUT2D eigenvalue weighted by Crippen LogP contribution is -1.87. The summed E-state index contributed by atoms with van der Waals surface area (Å²) in [6.45, 7) is -0.412. The summed E-state index contributed by atoms with van der Waals surface area (Å²) in [5, 5.41) is 12.1. The van der Waals surface area contributed by atoms with Gasteiger partial charge in [0.2, 0.25) is 5.82 Å². The first-order valence-electron chi connectivity index (χ1n) is 4.09. The van der Waals surface area contributed by atoms with Crippen molar-refractivity contribution in [3.63, 3.8) is 0 Å². The number of halogens is 2. The third kappa shape index (κ3) is 1.99. The molecule has 1 aromatic carbocycles. The van der Waals surface area contributed by atoms with Crippen LogP contribution in [0.2, 0.25) is 0 Å². The molecule has 1 aromatic heterocycles. The molecule has 4 nitrogen and oxygen atoms in total. The van der Waals surface area contributed by atoms with Crippen molar-refractivity contribution in [3.8, 4) is 11.4 Å². The zero-order valence-corrected chi connectivity index (χ0v) is 7.44. The molecule has 0 radical (unpaired) electrons. The molecule has 2 aromatic rings. The Hall–Kier alpha value is -1.82. The van der Waals surface area contributed by atoms with Gasteiger partial charge in [0.05, 0.1) is 0 Å². The number of aliphatic hydroxyl groups excluding tert-OH is 1. The van der Waals surface area contributed by atoms with Crippen molar-refractivity contribution < 1.29 is 18.4 Å². The largest absolute Gasteiger partial charge is 0.387 e. The van der Waals surface area contributed by atoms with Crippen molar-refractivity contribution in [2.24, 2.45) is 0 Å². The van der Waals surface area contributed by atoms with Gasteiger partial charge in [-0.15, -0.1) is 0 Å². The molecule has 0 atom stereocenters. The maximum Gasteiger partial charge on any atom is 0.252 e. The first-order valence-corrected chi connectivity index (χ1v) is 4.09. The fraction of sp³-hybridized carbons (Fsp3) is 0.111. The molecule has 0 unspecified atom stereocenters. The molecule has 6 heteroatoms. The molecule has 78 valence electrons. The van der Waals surface area contributed by atoms with Crippen molar-refractivity contribution in [2.75, 3.05) is 0 Å². The zero-order valence-electron chi connectivity index (χ0n) is 7.44. The summed E-state index contributed by atoms with van der Waals surface area (Å²) in [7, 11) is 0. The number of benzene rings is 1. The van der Waals surface area contributed by atoms with E-state index in [4.69, 9.17) is 5.11 Å². The van der Waals surface area contributed by atoms with E-state index >= 15 is 0 Å². The summed E-state index contributed by atoms with van der Waals surface area (Å²) in [5.41, 5.74) is 0.163. The Morgan fingerprint density at radius 3 is 2.40 bits per heavy atom. The minimum Gasteiger partial charge on any atom is -0.387 e. The smallest absolute Gasteiger partial charge is 0.252 e. The van der Waals surface area contributed by atoms with Crippen LogP contribution in [0, 0.1) is 11.6 Å². The van der Waals surface area contributed by atoms with Crippen molar-refractivity contribution in [1.29, 1.82) is 0 Å². The molecule has 0 aliphatic heterocycles. The number of hydrogen-bond acceptors (Lipinski definition) is 4. The van der Waals surface area contributed by atoms with Crippen LogP contribution in [0.1, 0.15) is 5.89 Å². The third-order valence-corrected chi connectivity index (χ3v) is 1.72. The van der Waals surface area contributed by atoms with Crippen molar-refractivity contribution in [3.05, 3.63) is 35.7 Å². The molecule has 15 heavy (non-hydrogen) atoms. The molecule has 0 spiro atoms. The normalized spacial score (nSPS) is 10.6. The number of nitrogens with zero attached hydrogens (tertiary/aromatic N) is 2. The summed E-state index contributed by atoms with van der Waals surface area (Å²) >= 11 is 0. The highest BCUT2D eigenvalue weighted by Gasteiger charge is 2.09. The van der Waals surface area contributed by atoms with E-state index in [-0.39, 0.29) is 17.3 Å². The van der Waals surface area contributed by atoms with E-state index in [0.717, 1.165) is 18.2 Å². The summed E-state index contributed by atoms with van der Waals surface area (Å²) in [6.07, 6.45) is 0. The van der Waals surface area contributed by atoms with Crippen LogP contribution in [0.4, 0.5) is 8.78 Å². The van der Waals surface area contributed by atoms with Gasteiger partial charge in [0.25, 0.3) is 5.89 Å². The summed E-state index contributed by atoms with van der Waals surface area (Å²) in [4.78, 5) is 3.72. The zero-order chi connectivity index (χ0) is 10.8. The van der Waals surface area contributed by atoms with Gasteiger partial charge in [-0.25, -0.2) is 8.78 Å². The van der Waals surface area contributed by atoms with E-state index in [1.54, 1.807) is 0 Å². The highest BCUT2D eigenvalue weighted by atomic mass is 19.1. The van der Waals surface area contributed by atoms with Gasteiger partial charge in [0.15, 0.2) is 0 Å². The summed E-state index contributed by atoms with van der Waals surface area (Å²) in [5.74, 6) is -1.41. The lowest BCUT2D eigenvalue weighted by molar-refractivity contribution is 0.222. The Labute approximate surface area is 83.2 Å². The van der Waals surface area contributed by atoms with Gasteiger partial charge < -0.3 is 9.63 Å². The SMILES string of the molecule is OCc1nc(-c2cc(F)cc(F)c2)no1. The standard InChI is InChI=1S/C9H6F2N2O2/c10-6-1-5(2-7(11)3-6)9-12-8(4-14)15-13-9/h1-3,14H,4H2. The maximum absolute atomic E-state index is 12.8. The average molecular weight is 212 g/mol. The average Bonchev–Trinajstić information content (AvgIpc) is 2.64. The van der Waals surface area contributed by atoms with E-state index in [2.05, 4.69) is 14.7 Å². The van der Waals surface area contributed by atoms with E-state index < -0.39 is 18.2 Å². The van der Waals surface area contributed by atoms with E-state index in [9.17, 15) is 8.78 Å². The van der Waals surface area contributed by atoms with Gasteiger partial charge in [-0.05, 0) is 12.1 Å². The molecular formula is C9H6F2N2O2. The Kier molecular flexibility index (Phi) is 2.42. The predicted octanol–water partition coefficient (Wildman–Crippen LogP) is 1.51. The Morgan fingerprint density at radius 1 is 1.20 bits per heavy atom. The van der Waals surface area contributed by atoms with E-state index in [1.165, 1.54) is 0 Å². The number of aliphatic hydroxyl groups is 1. The molecule has 0 bridgehead atoms. The first kappa shape index (κ1) is 9.72. The number of hydrogen-bond donors (Lipinski definition) is 1. The molecule has 0 fully saturated rings. The Bertz CT molecular complexity index is 464. The van der Waals surface area contributed by atoms with Crippen LogP contribution in [-0.2, 0) is 6.61 Å². The summed E-state index contributed by atoms with van der Waals surface area (Å²) in [6, 6.07) is 2.90. The van der Waals surface area contributed by atoms with Crippen molar-refractivity contribution in [1.82, 2.24) is 10.1 Å². The Morgan fingerprint density at radius 2 is 1.87 bits per heavy atom. The second kappa shape index (κ2) is 3.74. The minimum absolute atomic E-state index is 0.00494. The molecular weight excluding hydrogens is 206 g/mol. The van der Waals surface area contributed by atoms with Gasteiger partial charge in [0.1, 0.15) is 18.2 Å². The quantitative estimate of drug-likeness (QED) is 0.819. The molecule has 0 saturated carbocycles. The fourth-order valence-corrected chi connectivity index (χ4v) is 1.12. The number of aromatic nitrogens is 2. The van der Waals surface area contributed by atoms with Gasteiger partial charge in [-0.2, -0.15) is 4.98 Å². The molecule has 0 amide bonds. The van der Waals surface area contributed by atoms with E-state index in [0.29, 0.717) is 0 Å². The highest BCUT2D eigenvalue weighted by molar-refractivity contribution is 5.54. The Balaban J connectivity index is 2.44. The van der Waals surface area contributed by atoms with Crippen LogP contribution in [0.25, 0.3) is 11.4 Å². The molecule has 1 heterocycles. The van der Waals surface area contributed by atoms with Crippen molar-refractivity contribution >= 4 is 0 Å².